The van der Waals surface area contributed by atoms with Crippen LogP contribution in [0, 0.1) is 0 Å². The smallest absolute Gasteiger partial charge is 0.116 e. The molecule has 3 nitrogen and oxygen atoms in total. The van der Waals surface area contributed by atoms with Gasteiger partial charge in [0.15, 0.2) is 0 Å². The van der Waals surface area contributed by atoms with Crippen LogP contribution in [-0.2, 0) is 0 Å². The van der Waals surface area contributed by atoms with Crippen molar-refractivity contribution < 1.29 is 0 Å². The first-order chi connectivity index (χ1) is 7.43. The van der Waals surface area contributed by atoms with Gasteiger partial charge in [0.25, 0.3) is 0 Å². The lowest BCUT2D eigenvalue weighted by atomic mass is 10.2. The second kappa shape index (κ2) is 3.20. The number of rotatable bonds is 1. The number of nitrogens with one attached hydrogen (secondary N) is 1. The molecular formula is C12H9N3. The first-order valence-electron chi connectivity index (χ1n) is 4.77. The lowest BCUT2D eigenvalue weighted by Gasteiger charge is -1.94. The van der Waals surface area contributed by atoms with Crippen LogP contribution in [0.2, 0.25) is 0 Å². The molecule has 0 fully saturated rings. The monoisotopic (exact) mass is 195 g/mol. The number of H-pyrrole nitrogens is 1. The third kappa shape index (κ3) is 1.38. The summed E-state index contributed by atoms with van der Waals surface area (Å²) in [6.45, 7) is 0. The SMILES string of the molecule is c1ccc(-c2cc3ncncc3[nH]2)cc1. The highest BCUT2D eigenvalue weighted by atomic mass is 14.9. The van der Waals surface area contributed by atoms with Crippen molar-refractivity contribution in [3.05, 3.63) is 48.9 Å². The Hall–Kier alpha value is -2.16. The number of aromatic nitrogens is 3. The topological polar surface area (TPSA) is 41.6 Å². The summed E-state index contributed by atoms with van der Waals surface area (Å²) in [6, 6.07) is 12.2. The number of benzene rings is 1. The maximum Gasteiger partial charge on any atom is 0.116 e. The van der Waals surface area contributed by atoms with Crippen LogP contribution in [0.5, 0.6) is 0 Å². The Kier molecular flexibility index (Phi) is 1.75. The zero-order valence-corrected chi connectivity index (χ0v) is 8.01. The van der Waals surface area contributed by atoms with Crippen molar-refractivity contribution in [2.75, 3.05) is 0 Å². The normalized spacial score (nSPS) is 10.7. The minimum absolute atomic E-state index is 0.948. The second-order valence-electron chi connectivity index (χ2n) is 3.37. The van der Waals surface area contributed by atoms with Gasteiger partial charge in [-0.2, -0.15) is 0 Å². The van der Waals surface area contributed by atoms with Crippen molar-refractivity contribution in [2.24, 2.45) is 0 Å². The Morgan fingerprint density at radius 3 is 2.73 bits per heavy atom. The molecule has 1 N–H and O–H groups in total. The minimum Gasteiger partial charge on any atom is -0.352 e. The molecule has 0 aliphatic heterocycles. The van der Waals surface area contributed by atoms with Crippen molar-refractivity contribution in [3.8, 4) is 11.3 Å². The quantitative estimate of drug-likeness (QED) is 0.648. The Morgan fingerprint density at radius 1 is 1.07 bits per heavy atom. The molecule has 0 spiro atoms. The molecule has 0 unspecified atom stereocenters. The fourth-order valence-electron chi connectivity index (χ4n) is 1.64. The van der Waals surface area contributed by atoms with E-state index in [9.17, 15) is 0 Å². The van der Waals surface area contributed by atoms with Gasteiger partial charge in [-0.1, -0.05) is 30.3 Å². The number of fused-ring (bicyclic) bond motifs is 1. The van der Waals surface area contributed by atoms with Crippen LogP contribution in [0.15, 0.2) is 48.9 Å². The van der Waals surface area contributed by atoms with Crippen molar-refractivity contribution in [3.63, 3.8) is 0 Å². The maximum absolute atomic E-state index is 4.19. The van der Waals surface area contributed by atoms with E-state index in [0.29, 0.717) is 0 Å². The maximum atomic E-state index is 4.19. The molecule has 0 saturated heterocycles. The third-order valence-corrected chi connectivity index (χ3v) is 2.38. The van der Waals surface area contributed by atoms with E-state index in [4.69, 9.17) is 0 Å². The molecule has 0 aliphatic carbocycles. The zero-order chi connectivity index (χ0) is 10.1. The fraction of sp³-hybridized carbons (Fsp3) is 0. The number of hydrogen-bond acceptors (Lipinski definition) is 2. The highest BCUT2D eigenvalue weighted by Crippen LogP contribution is 2.21. The first-order valence-corrected chi connectivity index (χ1v) is 4.77. The highest BCUT2D eigenvalue weighted by Gasteiger charge is 2.02. The van der Waals surface area contributed by atoms with Gasteiger partial charge in [-0.15, -0.1) is 0 Å². The van der Waals surface area contributed by atoms with E-state index in [1.807, 2.05) is 24.3 Å². The highest BCUT2D eigenvalue weighted by molar-refractivity contribution is 5.81. The minimum atomic E-state index is 0.948. The molecule has 0 radical (unpaired) electrons. The van der Waals surface area contributed by atoms with E-state index in [0.717, 1.165) is 22.3 Å². The summed E-state index contributed by atoms with van der Waals surface area (Å²) in [5, 5.41) is 0. The van der Waals surface area contributed by atoms with Gasteiger partial charge >= 0.3 is 0 Å². The Balaban J connectivity index is 2.21. The molecule has 2 heterocycles. The van der Waals surface area contributed by atoms with Gasteiger partial charge in [0.2, 0.25) is 0 Å². The zero-order valence-electron chi connectivity index (χ0n) is 8.01. The molecule has 72 valence electrons. The molecule has 2 aromatic heterocycles. The van der Waals surface area contributed by atoms with Crippen LogP contribution in [0.4, 0.5) is 0 Å². The third-order valence-electron chi connectivity index (χ3n) is 2.38. The van der Waals surface area contributed by atoms with Gasteiger partial charge < -0.3 is 4.98 Å². The molecule has 0 aliphatic rings. The van der Waals surface area contributed by atoms with E-state index >= 15 is 0 Å². The van der Waals surface area contributed by atoms with Crippen LogP contribution >= 0.6 is 0 Å². The molecular weight excluding hydrogens is 186 g/mol. The summed E-state index contributed by atoms with van der Waals surface area (Å²) in [7, 11) is 0. The fourth-order valence-corrected chi connectivity index (χ4v) is 1.64. The Labute approximate surface area is 86.8 Å². The number of hydrogen-bond donors (Lipinski definition) is 1. The van der Waals surface area contributed by atoms with Crippen LogP contribution in [0.3, 0.4) is 0 Å². The molecule has 3 heteroatoms. The van der Waals surface area contributed by atoms with Crippen molar-refractivity contribution in [1.82, 2.24) is 15.0 Å². The van der Waals surface area contributed by atoms with Gasteiger partial charge in [0, 0.05) is 5.69 Å². The van der Waals surface area contributed by atoms with Crippen LogP contribution in [0.25, 0.3) is 22.3 Å². The lowest BCUT2D eigenvalue weighted by molar-refractivity contribution is 1.22. The van der Waals surface area contributed by atoms with E-state index in [2.05, 4.69) is 27.1 Å². The van der Waals surface area contributed by atoms with Crippen LogP contribution in [-0.4, -0.2) is 15.0 Å². The number of nitrogens with zero attached hydrogens (tertiary/aromatic N) is 2. The predicted octanol–water partition coefficient (Wildman–Crippen LogP) is 2.62. The summed E-state index contributed by atoms with van der Waals surface area (Å²) in [5.41, 5.74) is 4.15. The van der Waals surface area contributed by atoms with Gasteiger partial charge in [-0.3, -0.25) is 0 Å². The Bertz CT molecular complexity index is 551. The van der Waals surface area contributed by atoms with Crippen molar-refractivity contribution in [2.45, 2.75) is 0 Å². The predicted molar refractivity (Wildman–Crippen MR) is 59.3 cm³/mol. The molecule has 3 aromatic rings. The average molecular weight is 195 g/mol. The molecule has 0 bridgehead atoms. The summed E-state index contributed by atoms with van der Waals surface area (Å²) < 4.78 is 0. The standard InChI is InChI=1S/C12H9N3/c1-2-4-9(5-3-1)10-6-11-12(15-10)7-13-8-14-11/h1-8,15H. The van der Waals surface area contributed by atoms with E-state index in [-0.39, 0.29) is 0 Å². The van der Waals surface area contributed by atoms with Gasteiger partial charge in [0.05, 0.1) is 17.2 Å². The summed E-state index contributed by atoms with van der Waals surface area (Å²) in [6.07, 6.45) is 3.35. The average Bonchev–Trinajstić information content (AvgIpc) is 2.74. The van der Waals surface area contributed by atoms with Gasteiger partial charge in [-0.25, -0.2) is 9.97 Å². The molecule has 15 heavy (non-hydrogen) atoms. The van der Waals surface area contributed by atoms with Crippen LogP contribution < -0.4 is 0 Å². The van der Waals surface area contributed by atoms with Gasteiger partial charge in [0.1, 0.15) is 6.33 Å². The Morgan fingerprint density at radius 2 is 1.93 bits per heavy atom. The summed E-state index contributed by atoms with van der Waals surface area (Å²) >= 11 is 0. The molecule has 1 aromatic carbocycles. The molecule has 0 atom stereocenters. The second-order valence-corrected chi connectivity index (χ2v) is 3.37. The van der Waals surface area contributed by atoms with E-state index in [1.165, 1.54) is 0 Å². The molecule has 0 amide bonds. The van der Waals surface area contributed by atoms with Gasteiger partial charge in [-0.05, 0) is 11.6 Å². The summed E-state index contributed by atoms with van der Waals surface area (Å²) in [5.74, 6) is 0. The lowest BCUT2D eigenvalue weighted by Crippen LogP contribution is -1.76. The molecule has 3 rings (SSSR count). The first kappa shape index (κ1) is 8.17. The van der Waals surface area contributed by atoms with E-state index < -0.39 is 0 Å². The van der Waals surface area contributed by atoms with Crippen molar-refractivity contribution >= 4 is 11.0 Å². The van der Waals surface area contributed by atoms with Crippen molar-refractivity contribution in [1.29, 1.82) is 0 Å². The molecule has 0 saturated carbocycles. The number of aromatic amines is 1. The van der Waals surface area contributed by atoms with Crippen LogP contribution in [0.1, 0.15) is 0 Å². The van der Waals surface area contributed by atoms with E-state index in [1.54, 1.807) is 12.5 Å². The summed E-state index contributed by atoms with van der Waals surface area (Å²) in [4.78, 5) is 11.4. The largest absolute Gasteiger partial charge is 0.352 e.